The molecule has 0 unspecified atom stereocenters. The number of likely N-dealkylation sites (N-methyl/N-ethyl adjacent to an activating group) is 1. The third-order valence-electron chi connectivity index (χ3n) is 3.59. The fraction of sp³-hybridized carbons (Fsp3) is 0.533. The van der Waals surface area contributed by atoms with Crippen molar-refractivity contribution < 1.29 is 9.53 Å². The number of nitrogens with one attached hydrogen (secondary N) is 1. The maximum atomic E-state index is 12.5. The van der Waals surface area contributed by atoms with E-state index < -0.39 is 6.10 Å². The Bertz CT molecular complexity index is 467. The van der Waals surface area contributed by atoms with Crippen LogP contribution >= 0.6 is 11.6 Å². The summed E-state index contributed by atoms with van der Waals surface area (Å²) in [6, 6.07) is 7.49. The molecule has 0 saturated carbocycles. The molecule has 1 heterocycles. The zero-order valence-electron chi connectivity index (χ0n) is 11.9. The topological polar surface area (TPSA) is 41.6 Å². The molecule has 4 nitrogen and oxygen atoms in total. The summed E-state index contributed by atoms with van der Waals surface area (Å²) in [5, 5.41) is 3.66. The second-order valence-corrected chi connectivity index (χ2v) is 5.48. The van der Waals surface area contributed by atoms with E-state index in [4.69, 9.17) is 16.3 Å². The van der Waals surface area contributed by atoms with E-state index in [9.17, 15) is 4.79 Å². The highest BCUT2D eigenvalue weighted by molar-refractivity contribution is 6.32. The number of halogens is 1. The van der Waals surface area contributed by atoms with Crippen LogP contribution in [0.4, 0.5) is 0 Å². The molecule has 1 amide bonds. The molecule has 1 fully saturated rings. The van der Waals surface area contributed by atoms with Gasteiger partial charge in [-0.1, -0.05) is 23.7 Å². The van der Waals surface area contributed by atoms with Gasteiger partial charge in [-0.2, -0.15) is 0 Å². The number of nitrogens with zero attached hydrogens (tertiary/aromatic N) is 1. The smallest absolute Gasteiger partial charge is 0.263 e. The third-order valence-corrected chi connectivity index (χ3v) is 3.90. The maximum absolute atomic E-state index is 12.5. The Balaban J connectivity index is 2.00. The van der Waals surface area contributed by atoms with Crippen molar-refractivity contribution in [2.75, 3.05) is 20.1 Å². The molecule has 0 aliphatic carbocycles. The first-order chi connectivity index (χ1) is 9.63. The number of likely N-dealkylation sites (tertiary alicyclic amines) is 1. The fourth-order valence-corrected chi connectivity index (χ4v) is 2.77. The minimum absolute atomic E-state index is 0.0302. The van der Waals surface area contributed by atoms with E-state index in [2.05, 4.69) is 5.32 Å². The highest BCUT2D eigenvalue weighted by atomic mass is 35.5. The molecule has 2 rings (SSSR count). The average molecular weight is 297 g/mol. The van der Waals surface area contributed by atoms with Gasteiger partial charge in [0.25, 0.3) is 5.91 Å². The van der Waals surface area contributed by atoms with Gasteiger partial charge in [-0.3, -0.25) is 4.79 Å². The summed E-state index contributed by atoms with van der Waals surface area (Å²) in [5.74, 6) is 0.585. The Morgan fingerprint density at radius 2 is 2.30 bits per heavy atom. The van der Waals surface area contributed by atoms with Crippen LogP contribution in [0.15, 0.2) is 24.3 Å². The SMILES string of the molecule is CNC[C@@H]1CCCN1C(=O)[C@H](C)Oc1ccccc1Cl. The average Bonchev–Trinajstić information content (AvgIpc) is 2.89. The summed E-state index contributed by atoms with van der Waals surface area (Å²) in [6.45, 7) is 3.41. The number of amides is 1. The molecule has 0 spiro atoms. The van der Waals surface area contributed by atoms with Crippen LogP contribution in [0.5, 0.6) is 5.75 Å². The van der Waals surface area contributed by atoms with Crippen molar-refractivity contribution >= 4 is 17.5 Å². The van der Waals surface area contributed by atoms with Crippen LogP contribution in [0.1, 0.15) is 19.8 Å². The molecule has 2 atom stereocenters. The normalized spacial score (nSPS) is 19.9. The van der Waals surface area contributed by atoms with E-state index >= 15 is 0 Å². The first kappa shape index (κ1) is 15.1. The van der Waals surface area contributed by atoms with Crippen LogP contribution in [0.2, 0.25) is 5.02 Å². The molecule has 1 aromatic rings. The number of rotatable bonds is 5. The molecule has 20 heavy (non-hydrogen) atoms. The fourth-order valence-electron chi connectivity index (χ4n) is 2.59. The Morgan fingerprint density at radius 1 is 1.55 bits per heavy atom. The lowest BCUT2D eigenvalue weighted by molar-refractivity contribution is -0.138. The lowest BCUT2D eigenvalue weighted by Crippen LogP contribution is -2.46. The summed E-state index contributed by atoms with van der Waals surface area (Å²) in [4.78, 5) is 14.4. The predicted octanol–water partition coefficient (Wildman–Crippen LogP) is 2.32. The molecular formula is C15H21ClN2O2. The number of hydrogen-bond acceptors (Lipinski definition) is 3. The first-order valence-electron chi connectivity index (χ1n) is 6.99. The van der Waals surface area contributed by atoms with Crippen LogP contribution in [-0.4, -0.2) is 43.1 Å². The van der Waals surface area contributed by atoms with Gasteiger partial charge in [-0.05, 0) is 38.9 Å². The van der Waals surface area contributed by atoms with Gasteiger partial charge in [-0.15, -0.1) is 0 Å². The third kappa shape index (κ3) is 3.44. The summed E-state index contributed by atoms with van der Waals surface area (Å²) >= 11 is 6.05. The standard InChI is InChI=1S/C15H21ClN2O2/c1-11(20-14-8-4-3-7-13(14)16)15(19)18-9-5-6-12(18)10-17-2/h3-4,7-8,11-12,17H,5-6,9-10H2,1-2H3/t11-,12-/m0/s1. The zero-order chi connectivity index (χ0) is 14.5. The van der Waals surface area contributed by atoms with Crippen molar-refractivity contribution in [3.05, 3.63) is 29.3 Å². The largest absolute Gasteiger partial charge is 0.479 e. The molecule has 1 saturated heterocycles. The van der Waals surface area contributed by atoms with Gasteiger partial charge in [0.05, 0.1) is 5.02 Å². The van der Waals surface area contributed by atoms with Crippen LogP contribution in [0, 0.1) is 0 Å². The van der Waals surface area contributed by atoms with Crippen molar-refractivity contribution in [3.8, 4) is 5.75 Å². The Morgan fingerprint density at radius 3 is 3.00 bits per heavy atom. The molecule has 5 heteroatoms. The van der Waals surface area contributed by atoms with Gasteiger partial charge in [0.2, 0.25) is 0 Å². The Kier molecular flexibility index (Phi) is 5.26. The molecule has 0 aromatic heterocycles. The van der Waals surface area contributed by atoms with Crippen LogP contribution in [-0.2, 0) is 4.79 Å². The summed E-state index contributed by atoms with van der Waals surface area (Å²) in [6.07, 6.45) is 1.58. The summed E-state index contributed by atoms with van der Waals surface area (Å²) in [7, 11) is 1.91. The van der Waals surface area contributed by atoms with Gasteiger partial charge < -0.3 is 15.0 Å². The quantitative estimate of drug-likeness (QED) is 0.907. The van der Waals surface area contributed by atoms with Crippen molar-refractivity contribution in [2.24, 2.45) is 0 Å². The van der Waals surface area contributed by atoms with Crippen molar-refractivity contribution in [1.82, 2.24) is 10.2 Å². The predicted molar refractivity (Wildman–Crippen MR) is 80.2 cm³/mol. The monoisotopic (exact) mass is 296 g/mol. The molecule has 1 aliphatic rings. The van der Waals surface area contributed by atoms with Crippen LogP contribution in [0.3, 0.4) is 0 Å². The second-order valence-electron chi connectivity index (χ2n) is 5.08. The lowest BCUT2D eigenvalue weighted by Gasteiger charge is -2.27. The van der Waals surface area contributed by atoms with E-state index in [1.54, 1.807) is 19.1 Å². The molecule has 0 radical (unpaired) electrons. The van der Waals surface area contributed by atoms with E-state index in [0.29, 0.717) is 10.8 Å². The number of carbonyl (C=O) groups excluding carboxylic acids is 1. The van der Waals surface area contributed by atoms with Crippen LogP contribution < -0.4 is 10.1 Å². The number of ether oxygens (including phenoxy) is 1. The van der Waals surface area contributed by atoms with E-state index in [-0.39, 0.29) is 11.9 Å². The minimum Gasteiger partial charge on any atom is -0.479 e. The minimum atomic E-state index is -0.521. The van der Waals surface area contributed by atoms with Crippen molar-refractivity contribution in [1.29, 1.82) is 0 Å². The Labute approximate surface area is 125 Å². The van der Waals surface area contributed by atoms with Crippen molar-refractivity contribution in [2.45, 2.75) is 31.9 Å². The van der Waals surface area contributed by atoms with E-state index in [1.807, 2.05) is 24.1 Å². The lowest BCUT2D eigenvalue weighted by atomic mass is 10.2. The number of benzene rings is 1. The van der Waals surface area contributed by atoms with E-state index in [0.717, 1.165) is 25.9 Å². The van der Waals surface area contributed by atoms with Gasteiger partial charge in [0.1, 0.15) is 5.75 Å². The van der Waals surface area contributed by atoms with Gasteiger partial charge in [0.15, 0.2) is 6.10 Å². The molecule has 110 valence electrons. The first-order valence-corrected chi connectivity index (χ1v) is 7.37. The summed E-state index contributed by atoms with van der Waals surface area (Å²) in [5.41, 5.74) is 0. The molecular weight excluding hydrogens is 276 g/mol. The van der Waals surface area contributed by atoms with Crippen molar-refractivity contribution in [3.63, 3.8) is 0 Å². The maximum Gasteiger partial charge on any atom is 0.263 e. The van der Waals surface area contributed by atoms with Gasteiger partial charge in [0, 0.05) is 19.1 Å². The number of para-hydroxylation sites is 1. The zero-order valence-corrected chi connectivity index (χ0v) is 12.7. The molecule has 1 aromatic carbocycles. The highest BCUT2D eigenvalue weighted by Crippen LogP contribution is 2.25. The van der Waals surface area contributed by atoms with E-state index in [1.165, 1.54) is 0 Å². The Hall–Kier alpha value is -1.26. The molecule has 1 N–H and O–H groups in total. The molecule has 0 bridgehead atoms. The number of hydrogen-bond donors (Lipinski definition) is 1. The highest BCUT2D eigenvalue weighted by Gasteiger charge is 2.31. The van der Waals surface area contributed by atoms with Crippen LogP contribution in [0.25, 0.3) is 0 Å². The summed E-state index contributed by atoms with van der Waals surface area (Å²) < 4.78 is 5.70. The second kappa shape index (κ2) is 6.95. The van der Waals surface area contributed by atoms with Gasteiger partial charge >= 0.3 is 0 Å². The molecule has 1 aliphatic heterocycles. The van der Waals surface area contributed by atoms with Gasteiger partial charge in [-0.25, -0.2) is 0 Å². The number of carbonyl (C=O) groups is 1.